The van der Waals surface area contributed by atoms with Crippen molar-refractivity contribution in [1.29, 1.82) is 0 Å². The molecule has 0 aliphatic heterocycles. The monoisotopic (exact) mass is 295 g/mol. The molecule has 0 atom stereocenters. The Morgan fingerprint density at radius 2 is 1.36 bits per heavy atom. The van der Waals surface area contributed by atoms with Crippen molar-refractivity contribution in [2.24, 2.45) is 0 Å². The first kappa shape index (κ1) is 16.6. The van der Waals surface area contributed by atoms with Gasteiger partial charge in [-0.3, -0.25) is 0 Å². The van der Waals surface area contributed by atoms with Gasteiger partial charge in [-0.2, -0.15) is 0 Å². The molecule has 1 heteroatoms. The van der Waals surface area contributed by atoms with Crippen LogP contribution in [0.2, 0.25) is 0 Å². The summed E-state index contributed by atoms with van der Waals surface area (Å²) in [7, 11) is 0. The van der Waals surface area contributed by atoms with E-state index in [1.807, 2.05) is 0 Å². The highest BCUT2D eigenvalue weighted by Crippen LogP contribution is 2.35. The third-order valence-corrected chi connectivity index (χ3v) is 4.29. The fourth-order valence-electron chi connectivity index (χ4n) is 3.01. The number of anilines is 2. The SMILES string of the molecule is CCN(c1ccc(C)cc1)c1c(C)cc(C(C)(C)C)cc1C. The van der Waals surface area contributed by atoms with E-state index < -0.39 is 0 Å². The second-order valence-electron chi connectivity index (χ2n) is 7.29. The lowest BCUT2D eigenvalue weighted by Crippen LogP contribution is -2.20. The fraction of sp³-hybridized carbons (Fsp3) is 0.429. The van der Waals surface area contributed by atoms with Gasteiger partial charge in [0.05, 0.1) is 0 Å². The van der Waals surface area contributed by atoms with E-state index in [4.69, 9.17) is 0 Å². The lowest BCUT2D eigenvalue weighted by atomic mass is 9.84. The zero-order chi connectivity index (χ0) is 16.5. The summed E-state index contributed by atoms with van der Waals surface area (Å²) in [5.74, 6) is 0. The number of benzene rings is 2. The molecule has 2 aromatic rings. The zero-order valence-corrected chi connectivity index (χ0v) is 15.1. The molecular weight excluding hydrogens is 266 g/mol. The Morgan fingerprint density at radius 1 is 0.864 bits per heavy atom. The number of rotatable bonds is 3. The predicted octanol–water partition coefficient (Wildman–Crippen LogP) is 6.07. The van der Waals surface area contributed by atoms with Crippen LogP contribution in [0.3, 0.4) is 0 Å². The molecule has 0 saturated heterocycles. The van der Waals surface area contributed by atoms with Gasteiger partial charge in [-0.05, 0) is 61.9 Å². The van der Waals surface area contributed by atoms with E-state index in [0.29, 0.717) is 0 Å². The number of hydrogen-bond donors (Lipinski definition) is 0. The summed E-state index contributed by atoms with van der Waals surface area (Å²) >= 11 is 0. The zero-order valence-electron chi connectivity index (χ0n) is 15.1. The maximum absolute atomic E-state index is 2.41. The topological polar surface area (TPSA) is 3.24 Å². The molecule has 0 N–H and O–H groups in total. The first-order valence-electron chi connectivity index (χ1n) is 8.20. The van der Waals surface area contributed by atoms with Gasteiger partial charge in [-0.15, -0.1) is 0 Å². The van der Waals surface area contributed by atoms with E-state index in [9.17, 15) is 0 Å². The van der Waals surface area contributed by atoms with Crippen molar-refractivity contribution in [3.63, 3.8) is 0 Å². The summed E-state index contributed by atoms with van der Waals surface area (Å²) in [6, 6.07) is 13.5. The standard InChI is InChI=1S/C21H29N/c1-8-22(19-11-9-15(2)10-12-19)20-16(3)13-18(14-17(20)4)21(5,6)7/h9-14H,8H2,1-7H3. The Kier molecular flexibility index (Phi) is 4.65. The molecule has 0 fully saturated rings. The van der Waals surface area contributed by atoms with E-state index in [-0.39, 0.29) is 5.41 Å². The lowest BCUT2D eigenvalue weighted by Gasteiger charge is -2.29. The summed E-state index contributed by atoms with van der Waals surface area (Å²) in [5.41, 5.74) is 8.22. The maximum Gasteiger partial charge on any atom is 0.0470 e. The Balaban J connectivity index is 2.52. The first-order valence-corrected chi connectivity index (χ1v) is 8.20. The van der Waals surface area contributed by atoms with Gasteiger partial charge in [-0.1, -0.05) is 50.6 Å². The number of nitrogens with zero attached hydrogens (tertiary/aromatic N) is 1. The van der Waals surface area contributed by atoms with Crippen molar-refractivity contribution in [1.82, 2.24) is 0 Å². The highest BCUT2D eigenvalue weighted by Gasteiger charge is 2.19. The summed E-state index contributed by atoms with van der Waals surface area (Å²) in [4.78, 5) is 2.41. The highest BCUT2D eigenvalue weighted by atomic mass is 15.1. The van der Waals surface area contributed by atoms with Gasteiger partial charge in [0.25, 0.3) is 0 Å². The second-order valence-corrected chi connectivity index (χ2v) is 7.29. The molecule has 0 bridgehead atoms. The third kappa shape index (κ3) is 3.35. The molecule has 0 amide bonds. The van der Waals surface area contributed by atoms with E-state index in [1.54, 1.807) is 0 Å². The molecule has 22 heavy (non-hydrogen) atoms. The van der Waals surface area contributed by atoms with Crippen LogP contribution < -0.4 is 4.90 Å². The molecule has 0 aliphatic carbocycles. The van der Waals surface area contributed by atoms with Crippen LogP contribution in [-0.2, 0) is 5.41 Å². The molecule has 118 valence electrons. The van der Waals surface area contributed by atoms with Crippen LogP contribution in [0.4, 0.5) is 11.4 Å². The third-order valence-electron chi connectivity index (χ3n) is 4.29. The number of hydrogen-bond acceptors (Lipinski definition) is 1. The summed E-state index contributed by atoms with van der Waals surface area (Å²) in [6.07, 6.45) is 0. The van der Waals surface area contributed by atoms with Crippen LogP contribution in [-0.4, -0.2) is 6.54 Å². The van der Waals surface area contributed by atoms with Gasteiger partial charge in [0, 0.05) is 17.9 Å². The molecular formula is C21H29N. The number of aryl methyl sites for hydroxylation is 3. The summed E-state index contributed by atoms with van der Waals surface area (Å²) in [5, 5.41) is 0. The van der Waals surface area contributed by atoms with Gasteiger partial charge in [0.1, 0.15) is 0 Å². The van der Waals surface area contributed by atoms with Crippen LogP contribution in [0.5, 0.6) is 0 Å². The average Bonchev–Trinajstić information content (AvgIpc) is 2.43. The summed E-state index contributed by atoms with van der Waals surface area (Å²) < 4.78 is 0. The lowest BCUT2D eigenvalue weighted by molar-refractivity contribution is 0.589. The van der Waals surface area contributed by atoms with Crippen molar-refractivity contribution in [3.05, 3.63) is 58.7 Å². The van der Waals surface area contributed by atoms with Crippen LogP contribution in [0, 0.1) is 20.8 Å². The highest BCUT2D eigenvalue weighted by molar-refractivity contribution is 5.70. The van der Waals surface area contributed by atoms with Crippen molar-refractivity contribution in [2.75, 3.05) is 11.4 Å². The predicted molar refractivity (Wildman–Crippen MR) is 98.5 cm³/mol. The first-order chi connectivity index (χ1) is 10.2. The van der Waals surface area contributed by atoms with Gasteiger partial charge in [0.15, 0.2) is 0 Å². The molecule has 0 aromatic heterocycles. The molecule has 0 spiro atoms. The molecule has 2 rings (SSSR count). The van der Waals surface area contributed by atoms with Crippen LogP contribution >= 0.6 is 0 Å². The molecule has 0 saturated carbocycles. The van der Waals surface area contributed by atoms with E-state index in [2.05, 4.69) is 89.8 Å². The van der Waals surface area contributed by atoms with Gasteiger partial charge >= 0.3 is 0 Å². The Morgan fingerprint density at radius 3 is 1.77 bits per heavy atom. The van der Waals surface area contributed by atoms with E-state index >= 15 is 0 Å². The van der Waals surface area contributed by atoms with Crippen molar-refractivity contribution >= 4 is 11.4 Å². The van der Waals surface area contributed by atoms with Crippen molar-refractivity contribution in [2.45, 2.75) is 53.9 Å². The Hall–Kier alpha value is -1.76. The van der Waals surface area contributed by atoms with Crippen LogP contribution in [0.1, 0.15) is 49.9 Å². The minimum absolute atomic E-state index is 0.189. The molecule has 0 aliphatic rings. The van der Waals surface area contributed by atoms with E-state index in [1.165, 1.54) is 33.6 Å². The van der Waals surface area contributed by atoms with Gasteiger partial charge in [0.2, 0.25) is 0 Å². The van der Waals surface area contributed by atoms with Crippen molar-refractivity contribution < 1.29 is 0 Å². The van der Waals surface area contributed by atoms with Gasteiger partial charge in [-0.25, -0.2) is 0 Å². The minimum Gasteiger partial charge on any atom is -0.341 e. The average molecular weight is 295 g/mol. The largest absolute Gasteiger partial charge is 0.341 e. The van der Waals surface area contributed by atoms with Crippen LogP contribution in [0.15, 0.2) is 36.4 Å². The molecule has 1 nitrogen and oxygen atoms in total. The van der Waals surface area contributed by atoms with Gasteiger partial charge < -0.3 is 4.90 Å². The smallest absolute Gasteiger partial charge is 0.0470 e. The molecule has 2 aromatic carbocycles. The molecule has 0 heterocycles. The molecule has 0 unspecified atom stereocenters. The Labute approximate surface area is 136 Å². The minimum atomic E-state index is 0.189. The fourth-order valence-corrected chi connectivity index (χ4v) is 3.01. The maximum atomic E-state index is 2.41. The second kappa shape index (κ2) is 6.16. The quantitative estimate of drug-likeness (QED) is 0.664. The van der Waals surface area contributed by atoms with Crippen molar-refractivity contribution in [3.8, 4) is 0 Å². The van der Waals surface area contributed by atoms with Crippen LogP contribution in [0.25, 0.3) is 0 Å². The normalized spacial score (nSPS) is 11.6. The van der Waals surface area contributed by atoms with E-state index in [0.717, 1.165) is 6.54 Å². The summed E-state index contributed by atoms with van der Waals surface area (Å²) in [6.45, 7) is 16.6. The Bertz CT molecular complexity index is 622. The molecule has 0 radical (unpaired) electrons.